The standard InChI is InChI=1S/C13H19NO4S/c1-4-18-13(15)14-10(2)9-11-5-7-12(8-6-11)19(3,16)17/h5-8,10H,4,9H2,1-3H3,(H,14,15). The number of carbonyl (C=O) groups excluding carboxylic acids is 1. The first kappa shape index (κ1) is 15.5. The number of benzene rings is 1. The average molecular weight is 285 g/mol. The van der Waals surface area contributed by atoms with Crippen molar-refractivity contribution in [1.29, 1.82) is 0 Å². The smallest absolute Gasteiger partial charge is 0.407 e. The van der Waals surface area contributed by atoms with Crippen molar-refractivity contribution in [1.82, 2.24) is 5.32 Å². The number of hydrogen-bond donors (Lipinski definition) is 1. The Morgan fingerprint density at radius 2 is 1.89 bits per heavy atom. The Labute approximate surface area is 113 Å². The van der Waals surface area contributed by atoms with Gasteiger partial charge >= 0.3 is 6.09 Å². The molecule has 0 fully saturated rings. The molecule has 0 aliphatic carbocycles. The van der Waals surface area contributed by atoms with Crippen molar-refractivity contribution in [2.45, 2.75) is 31.2 Å². The van der Waals surface area contributed by atoms with E-state index in [-0.39, 0.29) is 6.04 Å². The quantitative estimate of drug-likeness (QED) is 0.895. The van der Waals surface area contributed by atoms with E-state index in [1.807, 2.05) is 6.92 Å². The van der Waals surface area contributed by atoms with Gasteiger partial charge in [-0.05, 0) is 38.0 Å². The van der Waals surface area contributed by atoms with Gasteiger partial charge in [0.2, 0.25) is 0 Å². The molecule has 1 aromatic rings. The highest BCUT2D eigenvalue weighted by Gasteiger charge is 2.10. The van der Waals surface area contributed by atoms with Crippen molar-refractivity contribution < 1.29 is 17.9 Å². The van der Waals surface area contributed by atoms with Gasteiger partial charge in [-0.2, -0.15) is 0 Å². The first-order valence-electron chi connectivity index (χ1n) is 6.05. The van der Waals surface area contributed by atoms with Crippen LogP contribution in [0.2, 0.25) is 0 Å². The number of nitrogens with one attached hydrogen (secondary N) is 1. The Bertz CT molecular complexity index is 522. The maximum absolute atomic E-state index is 11.3. The second kappa shape index (κ2) is 6.56. The van der Waals surface area contributed by atoms with Crippen molar-refractivity contribution >= 4 is 15.9 Å². The highest BCUT2D eigenvalue weighted by Crippen LogP contribution is 2.11. The fourth-order valence-corrected chi connectivity index (χ4v) is 2.28. The van der Waals surface area contributed by atoms with E-state index in [0.29, 0.717) is 17.9 Å². The number of hydrogen-bond acceptors (Lipinski definition) is 4. The first-order valence-corrected chi connectivity index (χ1v) is 7.94. The summed E-state index contributed by atoms with van der Waals surface area (Å²) in [6.45, 7) is 3.94. The lowest BCUT2D eigenvalue weighted by atomic mass is 10.1. The van der Waals surface area contributed by atoms with Gasteiger partial charge in [-0.15, -0.1) is 0 Å². The summed E-state index contributed by atoms with van der Waals surface area (Å²) in [5.74, 6) is 0. The van der Waals surface area contributed by atoms with Crippen molar-refractivity contribution in [2.75, 3.05) is 12.9 Å². The zero-order valence-electron chi connectivity index (χ0n) is 11.3. The van der Waals surface area contributed by atoms with Crippen LogP contribution in [0.1, 0.15) is 19.4 Å². The maximum atomic E-state index is 11.3. The van der Waals surface area contributed by atoms with E-state index >= 15 is 0 Å². The van der Waals surface area contributed by atoms with E-state index in [4.69, 9.17) is 4.74 Å². The van der Waals surface area contributed by atoms with E-state index in [1.54, 1.807) is 31.2 Å². The lowest BCUT2D eigenvalue weighted by Crippen LogP contribution is -2.34. The van der Waals surface area contributed by atoms with E-state index < -0.39 is 15.9 Å². The number of sulfone groups is 1. The van der Waals surface area contributed by atoms with Crippen LogP contribution in [0.25, 0.3) is 0 Å². The molecule has 19 heavy (non-hydrogen) atoms. The molecule has 0 saturated heterocycles. The van der Waals surface area contributed by atoms with Gasteiger partial charge < -0.3 is 10.1 Å². The van der Waals surface area contributed by atoms with E-state index in [2.05, 4.69) is 5.32 Å². The van der Waals surface area contributed by atoms with Crippen molar-refractivity contribution in [3.05, 3.63) is 29.8 Å². The molecule has 0 aliphatic heterocycles. The fourth-order valence-electron chi connectivity index (χ4n) is 1.65. The molecule has 0 aliphatic rings. The summed E-state index contributed by atoms with van der Waals surface area (Å²) in [7, 11) is -3.16. The molecule has 6 heteroatoms. The van der Waals surface area contributed by atoms with Gasteiger partial charge in [-0.3, -0.25) is 0 Å². The van der Waals surface area contributed by atoms with Gasteiger partial charge in [0.05, 0.1) is 11.5 Å². The summed E-state index contributed by atoms with van der Waals surface area (Å²) in [5, 5.41) is 2.69. The minimum Gasteiger partial charge on any atom is -0.450 e. The second-order valence-corrected chi connectivity index (χ2v) is 6.40. The van der Waals surface area contributed by atoms with Crippen LogP contribution in [0.4, 0.5) is 4.79 Å². The second-order valence-electron chi connectivity index (χ2n) is 4.39. The van der Waals surface area contributed by atoms with E-state index in [1.165, 1.54) is 6.26 Å². The van der Waals surface area contributed by atoms with Gasteiger partial charge in [0.15, 0.2) is 9.84 Å². The van der Waals surface area contributed by atoms with Gasteiger partial charge in [0.25, 0.3) is 0 Å². The molecule has 1 rings (SSSR count). The molecule has 5 nitrogen and oxygen atoms in total. The lowest BCUT2D eigenvalue weighted by molar-refractivity contribution is 0.149. The molecule has 1 aromatic carbocycles. The molecular formula is C13H19NO4S. The SMILES string of the molecule is CCOC(=O)NC(C)Cc1ccc(S(C)(=O)=O)cc1. The molecule has 1 unspecified atom stereocenters. The van der Waals surface area contributed by atoms with Crippen LogP contribution in [0.5, 0.6) is 0 Å². The molecule has 0 saturated carbocycles. The van der Waals surface area contributed by atoms with Crippen LogP contribution in [-0.2, 0) is 21.0 Å². The van der Waals surface area contributed by atoms with E-state index in [9.17, 15) is 13.2 Å². The average Bonchev–Trinajstić information content (AvgIpc) is 2.28. The monoisotopic (exact) mass is 285 g/mol. The van der Waals surface area contributed by atoms with Crippen molar-refractivity contribution in [3.8, 4) is 0 Å². The molecule has 1 atom stereocenters. The summed E-state index contributed by atoms with van der Waals surface area (Å²) in [5.41, 5.74) is 0.955. The van der Waals surface area contributed by atoms with Gasteiger partial charge in [0.1, 0.15) is 0 Å². The van der Waals surface area contributed by atoms with Crippen LogP contribution < -0.4 is 5.32 Å². The zero-order chi connectivity index (χ0) is 14.5. The number of ether oxygens (including phenoxy) is 1. The van der Waals surface area contributed by atoms with Crippen molar-refractivity contribution in [2.24, 2.45) is 0 Å². The van der Waals surface area contributed by atoms with E-state index in [0.717, 1.165) is 5.56 Å². The molecular weight excluding hydrogens is 266 g/mol. The molecule has 106 valence electrons. The minimum atomic E-state index is -3.16. The number of alkyl carbamates (subject to hydrolysis) is 1. The summed E-state index contributed by atoms with van der Waals surface area (Å²) in [6.07, 6.45) is 1.35. The van der Waals surface area contributed by atoms with Crippen molar-refractivity contribution in [3.63, 3.8) is 0 Å². The maximum Gasteiger partial charge on any atom is 0.407 e. The van der Waals surface area contributed by atoms with Crippen LogP contribution >= 0.6 is 0 Å². The third-order valence-corrected chi connectivity index (χ3v) is 3.66. The summed E-state index contributed by atoms with van der Waals surface area (Å²) in [4.78, 5) is 11.5. The minimum absolute atomic E-state index is 0.0804. The molecule has 0 bridgehead atoms. The summed E-state index contributed by atoms with van der Waals surface area (Å²) >= 11 is 0. The van der Waals surface area contributed by atoms with Crippen LogP contribution in [0.3, 0.4) is 0 Å². The predicted octanol–water partition coefficient (Wildman–Crippen LogP) is 1.77. The highest BCUT2D eigenvalue weighted by molar-refractivity contribution is 7.90. The predicted molar refractivity (Wildman–Crippen MR) is 72.9 cm³/mol. The van der Waals surface area contributed by atoms with Crippen LogP contribution in [0, 0.1) is 0 Å². The third kappa shape index (κ3) is 5.30. The molecule has 0 spiro atoms. The third-order valence-electron chi connectivity index (χ3n) is 2.53. The molecule has 0 heterocycles. The first-order chi connectivity index (χ1) is 8.82. The topological polar surface area (TPSA) is 72.5 Å². The fraction of sp³-hybridized carbons (Fsp3) is 0.462. The summed E-state index contributed by atoms with van der Waals surface area (Å²) in [6, 6.07) is 6.56. The Morgan fingerprint density at radius 3 is 2.37 bits per heavy atom. The molecule has 1 amide bonds. The zero-order valence-corrected chi connectivity index (χ0v) is 12.2. The van der Waals surface area contributed by atoms with Gasteiger partial charge in [-0.25, -0.2) is 13.2 Å². The number of carbonyl (C=O) groups is 1. The largest absolute Gasteiger partial charge is 0.450 e. The van der Waals surface area contributed by atoms with Gasteiger partial charge in [-0.1, -0.05) is 12.1 Å². The summed E-state index contributed by atoms with van der Waals surface area (Å²) < 4.78 is 27.4. The van der Waals surface area contributed by atoms with Gasteiger partial charge in [0, 0.05) is 12.3 Å². The Morgan fingerprint density at radius 1 is 1.32 bits per heavy atom. The lowest BCUT2D eigenvalue weighted by Gasteiger charge is -2.13. The molecule has 0 radical (unpaired) electrons. The number of amides is 1. The Hall–Kier alpha value is -1.56. The number of rotatable bonds is 5. The van der Waals surface area contributed by atoms with Crippen LogP contribution in [-0.4, -0.2) is 33.4 Å². The normalized spacial score (nSPS) is 12.8. The highest BCUT2D eigenvalue weighted by atomic mass is 32.2. The Balaban J connectivity index is 2.61. The molecule has 0 aromatic heterocycles. The Kier molecular flexibility index (Phi) is 5.35. The van der Waals surface area contributed by atoms with Crippen LogP contribution in [0.15, 0.2) is 29.2 Å². The molecule has 1 N–H and O–H groups in total.